The number of carbonyl (C=O) groups excluding carboxylic acids is 1. The van der Waals surface area contributed by atoms with Gasteiger partial charge in [0.15, 0.2) is 11.4 Å². The van der Waals surface area contributed by atoms with Crippen molar-refractivity contribution in [3.05, 3.63) is 58.0 Å². The standard InChI is InChI=1S/C17H16BrN3O2/c1-10-6-7-13(12(18)9-10)20-17(22)15-11(2)19-16-14(23-3)5-4-8-21(15)16/h4-9H,1-3H3,(H,20,22). The number of amides is 1. The number of aryl methyl sites for hydroxylation is 2. The minimum absolute atomic E-state index is 0.215. The van der Waals surface area contributed by atoms with Gasteiger partial charge < -0.3 is 10.1 Å². The highest BCUT2D eigenvalue weighted by Crippen LogP contribution is 2.26. The summed E-state index contributed by atoms with van der Waals surface area (Å²) in [5, 5.41) is 2.92. The Kier molecular flexibility index (Phi) is 4.09. The molecule has 5 nitrogen and oxygen atoms in total. The predicted octanol–water partition coefficient (Wildman–Crippen LogP) is 3.97. The number of aromatic nitrogens is 2. The molecule has 1 N–H and O–H groups in total. The summed E-state index contributed by atoms with van der Waals surface area (Å²) in [4.78, 5) is 17.2. The molecule has 3 aromatic rings. The van der Waals surface area contributed by atoms with Crippen LogP contribution in [0, 0.1) is 13.8 Å². The number of hydrogen-bond acceptors (Lipinski definition) is 3. The quantitative estimate of drug-likeness (QED) is 0.755. The Bertz CT molecular complexity index is 902. The first-order valence-electron chi connectivity index (χ1n) is 7.10. The fourth-order valence-electron chi connectivity index (χ4n) is 2.49. The van der Waals surface area contributed by atoms with Crippen LogP contribution >= 0.6 is 15.9 Å². The minimum Gasteiger partial charge on any atom is -0.493 e. The number of ether oxygens (including phenoxy) is 1. The van der Waals surface area contributed by atoms with Gasteiger partial charge in [-0.1, -0.05) is 6.07 Å². The minimum atomic E-state index is -0.215. The molecule has 0 aliphatic rings. The monoisotopic (exact) mass is 373 g/mol. The third kappa shape index (κ3) is 2.82. The Morgan fingerprint density at radius 3 is 2.78 bits per heavy atom. The molecule has 0 fully saturated rings. The fraction of sp³-hybridized carbons (Fsp3) is 0.176. The number of anilines is 1. The first-order chi connectivity index (χ1) is 11.0. The van der Waals surface area contributed by atoms with Gasteiger partial charge in [-0.3, -0.25) is 9.20 Å². The first kappa shape index (κ1) is 15.6. The van der Waals surface area contributed by atoms with Gasteiger partial charge in [0.1, 0.15) is 5.69 Å². The molecule has 0 saturated carbocycles. The molecule has 118 valence electrons. The zero-order valence-electron chi connectivity index (χ0n) is 13.1. The molecule has 1 amide bonds. The van der Waals surface area contributed by atoms with E-state index in [9.17, 15) is 4.79 Å². The van der Waals surface area contributed by atoms with Crippen molar-refractivity contribution in [3.8, 4) is 5.75 Å². The Morgan fingerprint density at radius 2 is 2.09 bits per heavy atom. The average molecular weight is 374 g/mol. The van der Waals surface area contributed by atoms with E-state index in [-0.39, 0.29) is 5.91 Å². The molecular weight excluding hydrogens is 358 g/mol. The SMILES string of the molecule is COc1cccn2c(C(=O)Nc3ccc(C)cc3Br)c(C)nc12. The summed E-state index contributed by atoms with van der Waals surface area (Å²) in [6, 6.07) is 9.42. The number of nitrogens with one attached hydrogen (secondary N) is 1. The molecule has 0 unspecified atom stereocenters. The van der Waals surface area contributed by atoms with Gasteiger partial charge >= 0.3 is 0 Å². The van der Waals surface area contributed by atoms with E-state index in [1.807, 2.05) is 44.2 Å². The second kappa shape index (κ2) is 6.04. The second-order valence-electron chi connectivity index (χ2n) is 5.25. The number of halogens is 1. The number of fused-ring (bicyclic) bond motifs is 1. The van der Waals surface area contributed by atoms with Gasteiger partial charge in [-0.2, -0.15) is 0 Å². The Balaban J connectivity index is 2.03. The van der Waals surface area contributed by atoms with Gasteiger partial charge in [-0.05, 0) is 59.6 Å². The van der Waals surface area contributed by atoms with Crippen LogP contribution < -0.4 is 10.1 Å². The van der Waals surface area contributed by atoms with Crippen LogP contribution in [0.2, 0.25) is 0 Å². The molecule has 0 atom stereocenters. The van der Waals surface area contributed by atoms with Crippen molar-refractivity contribution in [1.82, 2.24) is 9.38 Å². The molecule has 0 aliphatic heterocycles. The Hall–Kier alpha value is -2.34. The smallest absolute Gasteiger partial charge is 0.274 e. The van der Waals surface area contributed by atoms with Crippen molar-refractivity contribution < 1.29 is 9.53 Å². The summed E-state index contributed by atoms with van der Waals surface area (Å²) in [7, 11) is 1.59. The van der Waals surface area contributed by atoms with Crippen molar-refractivity contribution in [1.29, 1.82) is 0 Å². The van der Waals surface area contributed by atoms with E-state index in [1.165, 1.54) is 0 Å². The predicted molar refractivity (Wildman–Crippen MR) is 93.3 cm³/mol. The summed E-state index contributed by atoms with van der Waals surface area (Å²) in [6.07, 6.45) is 1.80. The first-order valence-corrected chi connectivity index (χ1v) is 7.89. The van der Waals surface area contributed by atoms with Crippen molar-refractivity contribution in [2.75, 3.05) is 12.4 Å². The van der Waals surface area contributed by atoms with Crippen LogP contribution in [0.25, 0.3) is 5.65 Å². The molecule has 0 aliphatic carbocycles. The molecule has 0 radical (unpaired) electrons. The summed E-state index contributed by atoms with van der Waals surface area (Å²) in [5.41, 5.74) is 3.60. The topological polar surface area (TPSA) is 55.6 Å². The van der Waals surface area contributed by atoms with Crippen LogP contribution in [0.5, 0.6) is 5.75 Å². The lowest BCUT2D eigenvalue weighted by Gasteiger charge is -2.09. The molecule has 2 aromatic heterocycles. The summed E-state index contributed by atoms with van der Waals surface area (Å²) >= 11 is 3.47. The maximum Gasteiger partial charge on any atom is 0.274 e. The maximum absolute atomic E-state index is 12.7. The third-order valence-corrected chi connectivity index (χ3v) is 4.25. The number of nitrogens with zero attached hydrogens (tertiary/aromatic N) is 2. The van der Waals surface area contributed by atoms with Gasteiger partial charge in [0.2, 0.25) is 0 Å². The normalized spacial score (nSPS) is 10.8. The van der Waals surface area contributed by atoms with Crippen molar-refractivity contribution in [2.45, 2.75) is 13.8 Å². The summed E-state index contributed by atoms with van der Waals surface area (Å²) in [5.74, 6) is 0.416. The lowest BCUT2D eigenvalue weighted by atomic mass is 10.2. The van der Waals surface area contributed by atoms with Crippen LogP contribution in [0.1, 0.15) is 21.7 Å². The lowest BCUT2D eigenvalue weighted by Crippen LogP contribution is -2.16. The number of pyridine rings is 1. The van der Waals surface area contributed by atoms with Crippen LogP contribution in [0.4, 0.5) is 5.69 Å². The Labute approximate surface area is 142 Å². The molecule has 6 heteroatoms. The van der Waals surface area contributed by atoms with E-state index in [2.05, 4.69) is 26.2 Å². The molecule has 23 heavy (non-hydrogen) atoms. The van der Waals surface area contributed by atoms with Gasteiger partial charge in [0.05, 0.1) is 18.5 Å². The molecule has 0 saturated heterocycles. The van der Waals surface area contributed by atoms with Crippen LogP contribution in [-0.2, 0) is 0 Å². The Morgan fingerprint density at radius 1 is 1.30 bits per heavy atom. The fourth-order valence-corrected chi connectivity index (χ4v) is 3.08. The molecule has 2 heterocycles. The van der Waals surface area contributed by atoms with Crippen molar-refractivity contribution in [3.63, 3.8) is 0 Å². The van der Waals surface area contributed by atoms with Gasteiger partial charge in [0, 0.05) is 10.7 Å². The van der Waals surface area contributed by atoms with E-state index in [0.717, 1.165) is 15.7 Å². The van der Waals surface area contributed by atoms with E-state index in [4.69, 9.17) is 4.74 Å². The van der Waals surface area contributed by atoms with Crippen LogP contribution in [-0.4, -0.2) is 22.4 Å². The molecular formula is C17H16BrN3O2. The molecule has 0 bridgehead atoms. The highest BCUT2D eigenvalue weighted by molar-refractivity contribution is 9.10. The van der Waals surface area contributed by atoms with Gasteiger partial charge in [-0.25, -0.2) is 4.98 Å². The van der Waals surface area contributed by atoms with Gasteiger partial charge in [-0.15, -0.1) is 0 Å². The summed E-state index contributed by atoms with van der Waals surface area (Å²) < 4.78 is 7.89. The number of benzene rings is 1. The number of methoxy groups -OCH3 is 1. The number of hydrogen-bond donors (Lipinski definition) is 1. The van der Waals surface area contributed by atoms with E-state index >= 15 is 0 Å². The van der Waals surface area contributed by atoms with Crippen molar-refractivity contribution >= 4 is 33.2 Å². The van der Waals surface area contributed by atoms with E-state index in [1.54, 1.807) is 17.7 Å². The second-order valence-corrected chi connectivity index (χ2v) is 6.11. The number of carbonyl (C=O) groups is 1. The molecule has 1 aromatic carbocycles. The van der Waals surface area contributed by atoms with E-state index in [0.29, 0.717) is 22.8 Å². The zero-order valence-corrected chi connectivity index (χ0v) is 14.6. The lowest BCUT2D eigenvalue weighted by molar-refractivity contribution is 0.102. The molecule has 3 rings (SSSR count). The third-order valence-electron chi connectivity index (χ3n) is 3.60. The highest BCUT2D eigenvalue weighted by atomic mass is 79.9. The molecule has 0 spiro atoms. The van der Waals surface area contributed by atoms with Gasteiger partial charge in [0.25, 0.3) is 5.91 Å². The van der Waals surface area contributed by atoms with E-state index < -0.39 is 0 Å². The largest absolute Gasteiger partial charge is 0.493 e. The van der Waals surface area contributed by atoms with Crippen LogP contribution in [0.15, 0.2) is 41.0 Å². The number of rotatable bonds is 3. The van der Waals surface area contributed by atoms with Crippen LogP contribution in [0.3, 0.4) is 0 Å². The maximum atomic E-state index is 12.7. The highest BCUT2D eigenvalue weighted by Gasteiger charge is 2.19. The number of imidazole rings is 1. The zero-order chi connectivity index (χ0) is 16.6. The summed E-state index contributed by atoms with van der Waals surface area (Å²) in [6.45, 7) is 3.81. The van der Waals surface area contributed by atoms with Crippen molar-refractivity contribution in [2.24, 2.45) is 0 Å². The average Bonchev–Trinajstić information content (AvgIpc) is 2.85.